The second-order valence-corrected chi connectivity index (χ2v) is 4.61. The highest BCUT2D eigenvalue weighted by Gasteiger charge is 2.34. The Kier molecular flexibility index (Phi) is 4.31. The first-order chi connectivity index (χ1) is 8.99. The predicted octanol–water partition coefficient (Wildman–Crippen LogP) is 3.23. The molecule has 1 aromatic rings. The molecule has 0 radical (unpaired) electrons. The van der Waals surface area contributed by atoms with Gasteiger partial charge in [0.2, 0.25) is 0 Å². The summed E-state index contributed by atoms with van der Waals surface area (Å²) in [6, 6.07) is 7.05. The minimum Gasteiger partial charge on any atom is -0.497 e. The van der Waals surface area contributed by atoms with Gasteiger partial charge >= 0.3 is 6.18 Å². The van der Waals surface area contributed by atoms with Crippen molar-refractivity contribution >= 4 is 0 Å². The van der Waals surface area contributed by atoms with Gasteiger partial charge in [0.05, 0.1) is 13.2 Å². The molecule has 0 aromatic heterocycles. The van der Waals surface area contributed by atoms with Gasteiger partial charge in [-0.1, -0.05) is 12.1 Å². The average Bonchev–Trinajstić information content (AvgIpc) is 3.18. The fraction of sp³-hybridized carbons (Fsp3) is 0.538. The first-order valence-electron chi connectivity index (χ1n) is 6.07. The summed E-state index contributed by atoms with van der Waals surface area (Å²) in [6.45, 7) is -1.29. The largest absolute Gasteiger partial charge is 0.497 e. The molecule has 106 valence electrons. The van der Waals surface area contributed by atoms with Crippen LogP contribution in [0.5, 0.6) is 5.75 Å². The fourth-order valence-corrected chi connectivity index (χ4v) is 1.89. The van der Waals surface area contributed by atoms with Crippen LogP contribution in [0.3, 0.4) is 0 Å². The third-order valence-corrected chi connectivity index (χ3v) is 3.01. The highest BCUT2D eigenvalue weighted by Crippen LogP contribution is 2.41. The van der Waals surface area contributed by atoms with E-state index in [9.17, 15) is 13.2 Å². The van der Waals surface area contributed by atoms with Crippen molar-refractivity contribution in [1.29, 1.82) is 0 Å². The van der Waals surface area contributed by atoms with Crippen molar-refractivity contribution in [2.24, 2.45) is 5.92 Å². The molecule has 1 unspecified atom stereocenters. The van der Waals surface area contributed by atoms with Gasteiger partial charge in [-0.15, -0.1) is 0 Å². The summed E-state index contributed by atoms with van der Waals surface area (Å²) in [5, 5.41) is 0. The molecule has 2 rings (SSSR count). The number of benzene rings is 1. The SMILES string of the molecule is COc1ccc(C(NOCC(F)(F)F)C2CC2)cc1. The maximum absolute atomic E-state index is 12.0. The zero-order valence-electron chi connectivity index (χ0n) is 10.5. The van der Waals surface area contributed by atoms with Crippen LogP contribution in [0.2, 0.25) is 0 Å². The number of ether oxygens (including phenoxy) is 1. The molecule has 19 heavy (non-hydrogen) atoms. The fourth-order valence-electron chi connectivity index (χ4n) is 1.89. The molecule has 6 heteroatoms. The lowest BCUT2D eigenvalue weighted by molar-refractivity contribution is -0.194. The number of alkyl halides is 3. The van der Waals surface area contributed by atoms with Crippen LogP contribution in [-0.2, 0) is 4.84 Å². The zero-order valence-corrected chi connectivity index (χ0v) is 10.5. The number of hydrogen-bond acceptors (Lipinski definition) is 3. The van der Waals surface area contributed by atoms with Crippen molar-refractivity contribution in [3.63, 3.8) is 0 Å². The van der Waals surface area contributed by atoms with Crippen molar-refractivity contribution in [2.75, 3.05) is 13.7 Å². The Bertz CT molecular complexity index is 401. The van der Waals surface area contributed by atoms with Gasteiger partial charge in [-0.25, -0.2) is 0 Å². The quantitative estimate of drug-likeness (QED) is 0.808. The minimum absolute atomic E-state index is 0.201. The maximum Gasteiger partial charge on any atom is 0.413 e. The van der Waals surface area contributed by atoms with Crippen LogP contribution < -0.4 is 10.2 Å². The van der Waals surface area contributed by atoms with E-state index in [2.05, 4.69) is 10.3 Å². The number of hydrogen-bond donors (Lipinski definition) is 1. The Morgan fingerprint density at radius 1 is 1.26 bits per heavy atom. The van der Waals surface area contributed by atoms with E-state index in [1.807, 2.05) is 12.1 Å². The van der Waals surface area contributed by atoms with E-state index in [0.717, 1.165) is 24.2 Å². The molecule has 0 saturated heterocycles. The van der Waals surface area contributed by atoms with E-state index in [4.69, 9.17) is 4.74 Å². The van der Waals surface area contributed by atoms with Gasteiger partial charge in [0.1, 0.15) is 5.75 Å². The Morgan fingerprint density at radius 2 is 1.89 bits per heavy atom. The molecule has 1 saturated carbocycles. The number of hydroxylamine groups is 1. The van der Waals surface area contributed by atoms with Gasteiger partial charge in [0, 0.05) is 0 Å². The van der Waals surface area contributed by atoms with Crippen LogP contribution in [0.15, 0.2) is 24.3 Å². The standard InChI is InChI=1S/C13H16F3NO2/c1-18-11-6-4-10(5-7-11)12(9-2-3-9)17-19-8-13(14,15)16/h4-7,9,12,17H,2-3,8H2,1H3. The summed E-state index contributed by atoms with van der Waals surface area (Å²) in [6.07, 6.45) is -2.32. The summed E-state index contributed by atoms with van der Waals surface area (Å²) < 4.78 is 41.2. The Hall–Kier alpha value is -1.27. The normalized spacial score (nSPS) is 17.3. The maximum atomic E-state index is 12.0. The van der Waals surface area contributed by atoms with Crippen molar-refractivity contribution in [3.05, 3.63) is 29.8 Å². The molecule has 1 aromatic carbocycles. The van der Waals surface area contributed by atoms with Crippen LogP contribution in [0.25, 0.3) is 0 Å². The van der Waals surface area contributed by atoms with Gasteiger partial charge in [-0.05, 0) is 36.5 Å². The third-order valence-electron chi connectivity index (χ3n) is 3.01. The second-order valence-electron chi connectivity index (χ2n) is 4.61. The molecular weight excluding hydrogens is 259 g/mol. The third kappa shape index (κ3) is 4.40. The van der Waals surface area contributed by atoms with E-state index in [0.29, 0.717) is 5.92 Å². The lowest BCUT2D eigenvalue weighted by atomic mass is 10.0. The molecule has 1 atom stereocenters. The minimum atomic E-state index is -4.32. The highest BCUT2D eigenvalue weighted by atomic mass is 19.4. The number of rotatable bonds is 6. The zero-order chi connectivity index (χ0) is 13.9. The molecule has 1 aliphatic rings. The first kappa shape index (κ1) is 14.1. The lowest BCUT2D eigenvalue weighted by Gasteiger charge is -2.19. The number of nitrogens with one attached hydrogen (secondary N) is 1. The Morgan fingerprint density at radius 3 is 2.37 bits per heavy atom. The van der Waals surface area contributed by atoms with E-state index in [-0.39, 0.29) is 6.04 Å². The topological polar surface area (TPSA) is 30.5 Å². The average molecular weight is 275 g/mol. The number of halogens is 3. The van der Waals surface area contributed by atoms with Crippen molar-refractivity contribution < 1.29 is 22.7 Å². The van der Waals surface area contributed by atoms with Gasteiger partial charge in [0.15, 0.2) is 6.61 Å². The molecule has 0 heterocycles. The van der Waals surface area contributed by atoms with Gasteiger partial charge in [-0.3, -0.25) is 4.84 Å². The van der Waals surface area contributed by atoms with Gasteiger partial charge < -0.3 is 4.74 Å². The Balaban J connectivity index is 1.95. The molecule has 0 amide bonds. The smallest absolute Gasteiger partial charge is 0.413 e. The highest BCUT2D eigenvalue weighted by molar-refractivity contribution is 5.29. The summed E-state index contributed by atoms with van der Waals surface area (Å²) >= 11 is 0. The van der Waals surface area contributed by atoms with Crippen LogP contribution in [0, 0.1) is 5.92 Å². The van der Waals surface area contributed by atoms with Crippen molar-refractivity contribution in [1.82, 2.24) is 5.48 Å². The molecule has 0 spiro atoms. The van der Waals surface area contributed by atoms with Crippen LogP contribution in [0.4, 0.5) is 13.2 Å². The molecule has 0 bridgehead atoms. The van der Waals surface area contributed by atoms with Crippen LogP contribution in [0.1, 0.15) is 24.4 Å². The Labute approximate surface area is 109 Å². The van der Waals surface area contributed by atoms with Gasteiger partial charge in [-0.2, -0.15) is 18.7 Å². The lowest BCUT2D eigenvalue weighted by Crippen LogP contribution is -2.29. The monoisotopic (exact) mass is 275 g/mol. The van der Waals surface area contributed by atoms with Gasteiger partial charge in [0.25, 0.3) is 0 Å². The molecule has 1 fully saturated rings. The van der Waals surface area contributed by atoms with E-state index in [1.54, 1.807) is 19.2 Å². The number of methoxy groups -OCH3 is 1. The summed E-state index contributed by atoms with van der Waals surface area (Å²) in [4.78, 5) is 4.57. The summed E-state index contributed by atoms with van der Waals surface area (Å²) in [5.41, 5.74) is 3.44. The predicted molar refractivity (Wildman–Crippen MR) is 63.6 cm³/mol. The molecule has 1 N–H and O–H groups in total. The first-order valence-corrected chi connectivity index (χ1v) is 6.07. The summed E-state index contributed by atoms with van der Waals surface area (Å²) in [7, 11) is 1.57. The van der Waals surface area contributed by atoms with Crippen molar-refractivity contribution in [2.45, 2.75) is 25.1 Å². The van der Waals surface area contributed by atoms with Crippen LogP contribution in [-0.4, -0.2) is 19.9 Å². The second kappa shape index (κ2) is 5.79. The van der Waals surface area contributed by atoms with Crippen LogP contribution >= 0.6 is 0 Å². The van der Waals surface area contributed by atoms with E-state index < -0.39 is 12.8 Å². The molecule has 1 aliphatic carbocycles. The molecule has 3 nitrogen and oxygen atoms in total. The molecular formula is C13H16F3NO2. The van der Waals surface area contributed by atoms with E-state index in [1.165, 1.54) is 0 Å². The summed E-state index contributed by atoms with van der Waals surface area (Å²) in [5.74, 6) is 1.05. The van der Waals surface area contributed by atoms with Crippen molar-refractivity contribution in [3.8, 4) is 5.75 Å². The van der Waals surface area contributed by atoms with E-state index >= 15 is 0 Å². The molecule has 0 aliphatic heterocycles.